The first-order valence-electron chi connectivity index (χ1n) is 6.06. The summed E-state index contributed by atoms with van der Waals surface area (Å²) in [5.74, 6) is 0. The fourth-order valence-electron chi connectivity index (χ4n) is 0.799. The van der Waals surface area contributed by atoms with Crippen molar-refractivity contribution in [3.8, 4) is 0 Å². The quantitative estimate of drug-likeness (QED) is 0.657. The van der Waals surface area contributed by atoms with Crippen LogP contribution in [0.5, 0.6) is 0 Å². The van der Waals surface area contributed by atoms with E-state index in [4.69, 9.17) is 4.74 Å². The maximum absolute atomic E-state index is 5.21. The zero-order chi connectivity index (χ0) is 13.9. The lowest BCUT2D eigenvalue weighted by Crippen LogP contribution is -1.94. The number of hydrogen-bond donors (Lipinski definition) is 1. The molecule has 1 aromatic carbocycles. The van der Waals surface area contributed by atoms with Crippen molar-refractivity contribution in [3.63, 3.8) is 0 Å². The highest BCUT2D eigenvalue weighted by molar-refractivity contribution is 7.79. The Hall–Kier alpha value is -0.770. The first-order chi connectivity index (χ1) is 8.43. The molecule has 0 aromatic heterocycles. The van der Waals surface area contributed by atoms with Gasteiger partial charge in [-0.25, -0.2) is 0 Å². The van der Waals surface area contributed by atoms with Crippen LogP contribution >= 0.6 is 12.2 Å². The van der Waals surface area contributed by atoms with E-state index in [1.165, 1.54) is 12.6 Å². The lowest BCUT2D eigenvalue weighted by molar-refractivity contribution is 0.161. The van der Waals surface area contributed by atoms with Gasteiger partial charge in [-0.15, -0.1) is 0 Å². The maximum Gasteiger partial charge on any atom is 0.0754 e. The van der Waals surface area contributed by atoms with Crippen LogP contribution in [-0.2, 0) is 11.3 Å². The molecule has 1 rings (SSSR count). The van der Waals surface area contributed by atoms with Crippen molar-refractivity contribution in [1.29, 1.82) is 0 Å². The molecular weight excluding hydrogens is 230 g/mol. The smallest absolute Gasteiger partial charge is 0.0754 e. The maximum atomic E-state index is 5.21. The third kappa shape index (κ3) is 17.8. The molecule has 2 nitrogen and oxygen atoms in total. The molecule has 0 aliphatic rings. The number of benzene rings is 1. The van der Waals surface area contributed by atoms with Crippen molar-refractivity contribution < 1.29 is 4.74 Å². The second kappa shape index (κ2) is 24.5. The average molecular weight is 257 g/mol. The van der Waals surface area contributed by atoms with Gasteiger partial charge in [-0.1, -0.05) is 70.2 Å². The molecule has 0 radical (unpaired) electrons. The Bertz CT molecular complexity index is 215. The van der Waals surface area contributed by atoms with E-state index < -0.39 is 0 Å². The first kappa shape index (κ1) is 21.5. The predicted molar refractivity (Wildman–Crippen MR) is 82.6 cm³/mol. The van der Waals surface area contributed by atoms with Crippen molar-refractivity contribution in [2.24, 2.45) is 5.73 Å². The van der Waals surface area contributed by atoms with Crippen molar-refractivity contribution in [1.82, 2.24) is 0 Å². The standard InChI is InChI=1S/C9H10OS.2C2H6.CH5N/c11-7-6-10-8-9-4-2-1-3-5-9;3*1-2/h1-5,7H,6,8H2;2*1-2H3;2H2,1H3. The minimum atomic E-state index is 0.546. The molecular formula is C14H27NOS. The molecule has 0 fully saturated rings. The molecule has 0 saturated carbocycles. The summed E-state index contributed by atoms with van der Waals surface area (Å²) in [5, 5.41) is 1.59. The van der Waals surface area contributed by atoms with Crippen molar-refractivity contribution >= 4 is 17.6 Å². The Morgan fingerprint density at radius 2 is 1.53 bits per heavy atom. The van der Waals surface area contributed by atoms with Crippen LogP contribution in [0.1, 0.15) is 33.3 Å². The number of thiocarbonyl (C=S) groups is 1. The molecule has 100 valence electrons. The van der Waals surface area contributed by atoms with E-state index in [-0.39, 0.29) is 0 Å². The van der Waals surface area contributed by atoms with Gasteiger partial charge in [0.15, 0.2) is 0 Å². The summed E-state index contributed by atoms with van der Waals surface area (Å²) in [5.41, 5.74) is 5.68. The molecule has 0 bridgehead atoms. The molecule has 0 spiro atoms. The first-order valence-corrected chi connectivity index (χ1v) is 6.53. The summed E-state index contributed by atoms with van der Waals surface area (Å²) < 4.78 is 5.21. The molecule has 0 heterocycles. The van der Waals surface area contributed by atoms with Crippen LogP contribution in [0, 0.1) is 0 Å². The van der Waals surface area contributed by atoms with Crippen molar-refractivity contribution in [2.75, 3.05) is 13.7 Å². The van der Waals surface area contributed by atoms with Crippen LogP contribution in [0.3, 0.4) is 0 Å². The Morgan fingerprint density at radius 3 is 1.94 bits per heavy atom. The highest BCUT2D eigenvalue weighted by atomic mass is 32.1. The molecule has 0 unspecified atom stereocenters. The van der Waals surface area contributed by atoms with E-state index in [1.54, 1.807) is 5.37 Å². The van der Waals surface area contributed by atoms with Crippen LogP contribution in [-0.4, -0.2) is 19.0 Å². The van der Waals surface area contributed by atoms with Gasteiger partial charge in [0.1, 0.15) is 0 Å². The van der Waals surface area contributed by atoms with E-state index in [2.05, 4.69) is 18.0 Å². The second-order valence-corrected chi connectivity index (χ2v) is 2.50. The summed E-state index contributed by atoms with van der Waals surface area (Å²) in [6.45, 7) is 9.19. The van der Waals surface area contributed by atoms with Gasteiger partial charge in [0.2, 0.25) is 0 Å². The summed E-state index contributed by atoms with van der Waals surface area (Å²) in [7, 11) is 1.50. The number of hydrogen-bond acceptors (Lipinski definition) is 3. The van der Waals surface area contributed by atoms with Gasteiger partial charge >= 0.3 is 0 Å². The van der Waals surface area contributed by atoms with Crippen LogP contribution < -0.4 is 5.73 Å². The molecule has 0 aliphatic heterocycles. The van der Waals surface area contributed by atoms with Crippen LogP contribution in [0.4, 0.5) is 0 Å². The Labute approximate surface area is 112 Å². The molecule has 0 saturated heterocycles. The van der Waals surface area contributed by atoms with Crippen molar-refractivity contribution in [3.05, 3.63) is 35.9 Å². The lowest BCUT2D eigenvalue weighted by atomic mass is 10.2. The summed E-state index contributed by atoms with van der Waals surface area (Å²) in [4.78, 5) is 0. The Balaban J connectivity index is -0.000000285. The summed E-state index contributed by atoms with van der Waals surface area (Å²) in [6.07, 6.45) is 0. The predicted octanol–water partition coefficient (Wildman–Crippen LogP) is 3.83. The summed E-state index contributed by atoms with van der Waals surface area (Å²) >= 11 is 4.62. The number of ether oxygens (including phenoxy) is 1. The Morgan fingerprint density at radius 1 is 1.06 bits per heavy atom. The van der Waals surface area contributed by atoms with Gasteiger partial charge in [0.05, 0.1) is 13.2 Å². The van der Waals surface area contributed by atoms with Gasteiger partial charge in [-0.05, 0) is 12.6 Å². The van der Waals surface area contributed by atoms with E-state index >= 15 is 0 Å². The van der Waals surface area contributed by atoms with Crippen molar-refractivity contribution in [2.45, 2.75) is 34.3 Å². The molecule has 0 aliphatic carbocycles. The minimum absolute atomic E-state index is 0.546. The van der Waals surface area contributed by atoms with Gasteiger partial charge in [-0.3, -0.25) is 0 Å². The van der Waals surface area contributed by atoms with E-state index in [1.807, 2.05) is 58.0 Å². The van der Waals surface area contributed by atoms with Crippen LogP contribution in [0.15, 0.2) is 30.3 Å². The fraction of sp³-hybridized carbons (Fsp3) is 0.500. The molecule has 2 N–H and O–H groups in total. The van der Waals surface area contributed by atoms with Crippen LogP contribution in [0.2, 0.25) is 0 Å². The van der Waals surface area contributed by atoms with Gasteiger partial charge in [0, 0.05) is 5.37 Å². The highest BCUT2D eigenvalue weighted by Gasteiger charge is 1.87. The zero-order valence-corrected chi connectivity index (χ0v) is 12.6. The van der Waals surface area contributed by atoms with E-state index in [0.717, 1.165) is 0 Å². The minimum Gasteiger partial charge on any atom is -0.372 e. The molecule has 17 heavy (non-hydrogen) atoms. The largest absolute Gasteiger partial charge is 0.372 e. The van der Waals surface area contributed by atoms with Gasteiger partial charge in [0.25, 0.3) is 0 Å². The normalized spacial score (nSPS) is 7.18. The van der Waals surface area contributed by atoms with Gasteiger partial charge < -0.3 is 10.5 Å². The Kier molecular flexibility index (Phi) is 30.9. The third-order valence-corrected chi connectivity index (χ3v) is 1.43. The second-order valence-electron chi connectivity index (χ2n) is 2.17. The van der Waals surface area contributed by atoms with E-state index in [0.29, 0.717) is 13.2 Å². The zero-order valence-electron chi connectivity index (χ0n) is 11.8. The molecule has 1 aromatic rings. The average Bonchev–Trinajstić information content (AvgIpc) is 2.47. The van der Waals surface area contributed by atoms with E-state index in [9.17, 15) is 0 Å². The van der Waals surface area contributed by atoms with Crippen LogP contribution in [0.25, 0.3) is 0 Å². The molecule has 0 amide bonds. The topological polar surface area (TPSA) is 35.2 Å². The lowest BCUT2D eigenvalue weighted by Gasteiger charge is -1.99. The van der Waals surface area contributed by atoms with Gasteiger partial charge in [-0.2, -0.15) is 0 Å². The number of rotatable bonds is 4. The monoisotopic (exact) mass is 257 g/mol. The fourth-order valence-corrected chi connectivity index (χ4v) is 0.895. The highest BCUT2D eigenvalue weighted by Crippen LogP contribution is 1.99. The SMILES string of the molecule is CC.CC.CN.S=CCOCc1ccccc1. The number of nitrogens with two attached hydrogens (primary N) is 1. The molecule has 3 heteroatoms. The molecule has 0 atom stereocenters. The third-order valence-electron chi connectivity index (χ3n) is 1.30. The summed E-state index contributed by atoms with van der Waals surface area (Å²) in [6, 6.07) is 10.0.